The minimum absolute atomic E-state index is 0.00228. The third kappa shape index (κ3) is 5.89. The summed E-state index contributed by atoms with van der Waals surface area (Å²) < 4.78 is 23.2. The Balaban J connectivity index is 1.35. The molecule has 7 nitrogen and oxygen atoms in total. The molecule has 0 aromatic heterocycles. The summed E-state index contributed by atoms with van der Waals surface area (Å²) in [5, 5.41) is 7.27. The van der Waals surface area contributed by atoms with Crippen LogP contribution in [-0.4, -0.2) is 26.6 Å². The number of carbonyl (C=O) groups excluding carboxylic acids is 1. The first kappa shape index (κ1) is 28.2. The molecule has 1 aliphatic heterocycles. The highest BCUT2D eigenvalue weighted by atomic mass is 16.5. The van der Waals surface area contributed by atoms with Gasteiger partial charge in [0.15, 0.2) is 28.8 Å². The molecule has 1 aliphatic carbocycles. The second-order valence-electron chi connectivity index (χ2n) is 10.7. The van der Waals surface area contributed by atoms with Gasteiger partial charge in [-0.1, -0.05) is 54.6 Å². The molecule has 4 aromatic carbocycles. The molecule has 2 N–H and O–H groups in total. The van der Waals surface area contributed by atoms with Gasteiger partial charge in [0, 0.05) is 17.7 Å². The van der Waals surface area contributed by atoms with Gasteiger partial charge < -0.3 is 29.6 Å². The molecule has 0 amide bonds. The Morgan fingerprint density at radius 3 is 2.09 bits per heavy atom. The van der Waals surface area contributed by atoms with Crippen LogP contribution in [0.3, 0.4) is 0 Å². The van der Waals surface area contributed by atoms with E-state index in [0.717, 1.165) is 39.3 Å². The second kappa shape index (κ2) is 12.5. The summed E-state index contributed by atoms with van der Waals surface area (Å²) in [6.45, 7) is 2.93. The van der Waals surface area contributed by atoms with Crippen LogP contribution in [-0.2, 0) is 11.4 Å². The van der Waals surface area contributed by atoms with E-state index < -0.39 is 0 Å². The molecular formula is C36H36N2O5. The minimum Gasteiger partial charge on any atom is -0.493 e. The molecule has 7 heteroatoms. The van der Waals surface area contributed by atoms with Crippen molar-refractivity contribution in [1.82, 2.24) is 0 Å². The first-order valence-electron chi connectivity index (χ1n) is 14.6. The lowest BCUT2D eigenvalue weighted by atomic mass is 9.78. The van der Waals surface area contributed by atoms with E-state index in [1.165, 1.54) is 0 Å². The van der Waals surface area contributed by atoms with E-state index in [1.54, 1.807) is 14.2 Å². The fraction of sp³-hybridized carbons (Fsp3) is 0.250. The molecule has 2 atom stereocenters. The standard InChI is InChI=1S/C36H36N2O5/c1-4-42-31-16-14-24(20-33(31)40-2)26-18-29-35(30(39)19-26)36(38-28-13-9-8-12-27(28)37-29)25-15-17-32(34(21-25)41-3)43-22-23-10-6-5-7-11-23/h5-17,20-21,26,36-38H,4,18-19,22H2,1-3H3. The molecule has 0 spiro atoms. The van der Waals surface area contributed by atoms with Gasteiger partial charge in [-0.25, -0.2) is 0 Å². The summed E-state index contributed by atoms with van der Waals surface area (Å²) in [4.78, 5) is 14.1. The van der Waals surface area contributed by atoms with Crippen LogP contribution in [0.1, 0.15) is 48.4 Å². The van der Waals surface area contributed by atoms with E-state index in [2.05, 4.69) is 10.6 Å². The Morgan fingerprint density at radius 1 is 0.721 bits per heavy atom. The Hall–Kier alpha value is -4.91. The van der Waals surface area contributed by atoms with Crippen molar-refractivity contribution < 1.29 is 23.7 Å². The highest BCUT2D eigenvalue weighted by Crippen LogP contribution is 2.46. The number of ether oxygens (including phenoxy) is 4. The van der Waals surface area contributed by atoms with Gasteiger partial charge in [-0.05, 0) is 72.4 Å². The predicted octanol–water partition coefficient (Wildman–Crippen LogP) is 7.66. The van der Waals surface area contributed by atoms with Crippen LogP contribution in [0.25, 0.3) is 0 Å². The first-order chi connectivity index (χ1) is 21.1. The number of methoxy groups -OCH3 is 2. The Bertz CT molecular complexity index is 1650. The maximum absolute atomic E-state index is 14.1. The summed E-state index contributed by atoms with van der Waals surface area (Å²) in [5.74, 6) is 2.73. The average molecular weight is 577 g/mol. The largest absolute Gasteiger partial charge is 0.493 e. The predicted molar refractivity (Wildman–Crippen MR) is 168 cm³/mol. The average Bonchev–Trinajstić information content (AvgIpc) is 3.21. The fourth-order valence-corrected chi connectivity index (χ4v) is 5.91. The molecule has 4 aromatic rings. The zero-order valence-corrected chi connectivity index (χ0v) is 24.7. The number of nitrogens with one attached hydrogen (secondary N) is 2. The molecule has 0 radical (unpaired) electrons. The van der Waals surface area contributed by atoms with Crippen LogP contribution in [0.2, 0.25) is 0 Å². The SMILES string of the molecule is CCOc1ccc(C2CC(=O)C3=C(C2)Nc2ccccc2NC3c2ccc(OCc3ccccc3)c(OC)c2)cc1OC. The van der Waals surface area contributed by atoms with Gasteiger partial charge in [-0.3, -0.25) is 4.79 Å². The van der Waals surface area contributed by atoms with Crippen molar-refractivity contribution in [3.63, 3.8) is 0 Å². The van der Waals surface area contributed by atoms with Crippen LogP contribution in [0, 0.1) is 0 Å². The number of hydrogen-bond donors (Lipinski definition) is 2. The number of anilines is 2. The normalized spacial score (nSPS) is 17.5. The van der Waals surface area contributed by atoms with E-state index in [-0.39, 0.29) is 17.7 Å². The number of fused-ring (bicyclic) bond motifs is 1. The van der Waals surface area contributed by atoms with Gasteiger partial charge in [0.2, 0.25) is 0 Å². The van der Waals surface area contributed by atoms with Gasteiger partial charge in [-0.15, -0.1) is 0 Å². The summed E-state index contributed by atoms with van der Waals surface area (Å²) >= 11 is 0. The highest BCUT2D eigenvalue weighted by Gasteiger charge is 2.36. The maximum Gasteiger partial charge on any atom is 0.163 e. The zero-order chi connectivity index (χ0) is 29.8. The number of rotatable bonds is 9. The zero-order valence-electron chi connectivity index (χ0n) is 24.7. The lowest BCUT2D eigenvalue weighted by molar-refractivity contribution is -0.116. The van der Waals surface area contributed by atoms with Crippen LogP contribution in [0.5, 0.6) is 23.0 Å². The van der Waals surface area contributed by atoms with Crippen LogP contribution >= 0.6 is 0 Å². The molecule has 2 unspecified atom stereocenters. The molecule has 1 heterocycles. The summed E-state index contributed by atoms with van der Waals surface area (Å²) in [5.41, 5.74) is 6.56. The maximum atomic E-state index is 14.1. The van der Waals surface area contributed by atoms with Crippen molar-refractivity contribution in [3.05, 3.63) is 119 Å². The van der Waals surface area contributed by atoms with Crippen LogP contribution < -0.4 is 29.6 Å². The van der Waals surface area contributed by atoms with E-state index in [9.17, 15) is 4.79 Å². The number of ketones is 1. The highest BCUT2D eigenvalue weighted by molar-refractivity contribution is 6.01. The smallest absolute Gasteiger partial charge is 0.163 e. The summed E-state index contributed by atoms with van der Waals surface area (Å²) in [7, 11) is 3.28. The van der Waals surface area contributed by atoms with Gasteiger partial charge in [0.25, 0.3) is 0 Å². The Labute approximate surface area is 252 Å². The molecule has 0 saturated carbocycles. The summed E-state index contributed by atoms with van der Waals surface area (Å²) in [6, 6.07) is 29.6. The molecule has 220 valence electrons. The van der Waals surface area contributed by atoms with E-state index in [4.69, 9.17) is 18.9 Å². The quantitative estimate of drug-likeness (QED) is 0.212. The van der Waals surface area contributed by atoms with Crippen LogP contribution in [0.15, 0.2) is 102 Å². The Morgan fingerprint density at radius 2 is 1.37 bits per heavy atom. The molecule has 6 rings (SSSR count). The van der Waals surface area contributed by atoms with Gasteiger partial charge in [0.05, 0.1) is 38.2 Å². The molecule has 2 aliphatic rings. The molecule has 43 heavy (non-hydrogen) atoms. The third-order valence-electron chi connectivity index (χ3n) is 8.03. The van der Waals surface area contributed by atoms with Gasteiger partial charge in [0.1, 0.15) is 6.61 Å². The third-order valence-corrected chi connectivity index (χ3v) is 8.03. The monoisotopic (exact) mass is 576 g/mol. The van der Waals surface area contributed by atoms with Crippen molar-refractivity contribution in [2.75, 3.05) is 31.5 Å². The second-order valence-corrected chi connectivity index (χ2v) is 10.7. The van der Waals surface area contributed by atoms with Gasteiger partial charge in [-0.2, -0.15) is 0 Å². The van der Waals surface area contributed by atoms with Crippen LogP contribution in [0.4, 0.5) is 11.4 Å². The molecule has 0 saturated heterocycles. The van der Waals surface area contributed by atoms with Crippen molar-refractivity contribution in [3.8, 4) is 23.0 Å². The topological polar surface area (TPSA) is 78.1 Å². The first-order valence-corrected chi connectivity index (χ1v) is 14.6. The van der Waals surface area contributed by atoms with E-state index >= 15 is 0 Å². The number of Topliss-reactive ketones (excluding diaryl/α,β-unsaturated/α-hetero) is 1. The van der Waals surface area contributed by atoms with E-state index in [0.29, 0.717) is 49.1 Å². The van der Waals surface area contributed by atoms with Crippen molar-refractivity contribution in [1.29, 1.82) is 0 Å². The number of benzene rings is 4. The molecular weight excluding hydrogens is 540 g/mol. The number of para-hydroxylation sites is 2. The number of allylic oxidation sites excluding steroid dienone is 1. The van der Waals surface area contributed by atoms with Crippen molar-refractivity contribution >= 4 is 17.2 Å². The fourth-order valence-electron chi connectivity index (χ4n) is 5.91. The lowest BCUT2D eigenvalue weighted by Crippen LogP contribution is -2.27. The molecule has 0 fully saturated rings. The van der Waals surface area contributed by atoms with Crippen molar-refractivity contribution in [2.45, 2.75) is 38.3 Å². The van der Waals surface area contributed by atoms with Crippen molar-refractivity contribution in [2.24, 2.45) is 0 Å². The Kier molecular flexibility index (Phi) is 8.22. The summed E-state index contributed by atoms with van der Waals surface area (Å²) in [6.07, 6.45) is 1.07. The minimum atomic E-state index is -0.369. The van der Waals surface area contributed by atoms with Gasteiger partial charge >= 0.3 is 0 Å². The lowest BCUT2D eigenvalue weighted by Gasteiger charge is -2.30. The molecule has 0 bridgehead atoms. The number of carbonyl (C=O) groups is 1. The number of hydrogen-bond acceptors (Lipinski definition) is 7. The van der Waals surface area contributed by atoms with E-state index in [1.807, 2.05) is 97.9 Å².